The third kappa shape index (κ3) is 4.33. The number of fused-ring (bicyclic) bond motifs is 1. The summed E-state index contributed by atoms with van der Waals surface area (Å²) in [6.45, 7) is 3.70. The Morgan fingerprint density at radius 2 is 2.20 bits per heavy atom. The van der Waals surface area contributed by atoms with Crippen LogP contribution in [0.25, 0.3) is 0 Å². The molecule has 3 rings (SSSR count). The van der Waals surface area contributed by atoms with Gasteiger partial charge in [-0.05, 0) is 13.0 Å². The van der Waals surface area contributed by atoms with E-state index in [1.54, 1.807) is 12.0 Å². The van der Waals surface area contributed by atoms with Gasteiger partial charge in [0.2, 0.25) is 5.91 Å². The number of carbonyl (C=O) groups excluding carboxylic acids is 1. The van der Waals surface area contributed by atoms with Gasteiger partial charge in [0.15, 0.2) is 0 Å². The molecule has 0 spiro atoms. The average Bonchev–Trinajstić information content (AvgIpc) is 3.18. The van der Waals surface area contributed by atoms with Gasteiger partial charge in [-0.15, -0.1) is 0 Å². The second kappa shape index (κ2) is 7.33. The molecule has 0 aliphatic carbocycles. The Morgan fingerprint density at radius 1 is 1.40 bits per heavy atom. The van der Waals surface area contributed by atoms with Crippen LogP contribution in [0.3, 0.4) is 0 Å². The van der Waals surface area contributed by atoms with E-state index >= 15 is 0 Å². The van der Waals surface area contributed by atoms with Crippen molar-refractivity contribution in [3.8, 4) is 0 Å². The molecule has 9 heteroatoms. The van der Waals surface area contributed by atoms with Crippen molar-refractivity contribution < 1.29 is 22.7 Å². The molecule has 1 unspecified atom stereocenters. The summed E-state index contributed by atoms with van der Waals surface area (Å²) in [6, 6.07) is 0. The maximum Gasteiger partial charge on any atom is 0.394 e. The minimum Gasteiger partial charge on any atom is -0.383 e. The highest BCUT2D eigenvalue weighted by atomic mass is 19.4. The Balaban J connectivity index is 1.62. The Bertz CT molecular complexity index is 617. The number of likely N-dealkylation sites (tertiary alicyclic amines) is 1. The highest BCUT2D eigenvalue weighted by molar-refractivity contribution is 5.79. The van der Waals surface area contributed by atoms with Crippen molar-refractivity contribution in [3.05, 3.63) is 17.0 Å². The lowest BCUT2D eigenvalue weighted by Crippen LogP contribution is -2.41. The monoisotopic (exact) mass is 360 g/mol. The second-order valence-electron chi connectivity index (χ2n) is 6.71. The maximum atomic E-state index is 12.8. The number of rotatable bonds is 5. The number of nitrogens with zero attached hydrogens (tertiary/aromatic N) is 3. The van der Waals surface area contributed by atoms with Crippen molar-refractivity contribution in [2.45, 2.75) is 32.0 Å². The molecular formula is C16H23F3N4O2. The molecule has 0 bridgehead atoms. The number of ether oxygens (including phenoxy) is 1. The fourth-order valence-electron chi connectivity index (χ4n) is 3.59. The van der Waals surface area contributed by atoms with E-state index in [9.17, 15) is 18.0 Å². The van der Waals surface area contributed by atoms with Gasteiger partial charge in [0.1, 0.15) is 0 Å². The third-order valence-electron chi connectivity index (χ3n) is 4.93. The summed E-state index contributed by atoms with van der Waals surface area (Å²) >= 11 is 0. The number of nitrogens with one attached hydrogen (secondary N) is 1. The summed E-state index contributed by atoms with van der Waals surface area (Å²) < 4.78 is 43.1. The quantitative estimate of drug-likeness (QED) is 0.862. The van der Waals surface area contributed by atoms with Crippen molar-refractivity contribution in [1.29, 1.82) is 0 Å². The largest absolute Gasteiger partial charge is 0.394 e. The topological polar surface area (TPSA) is 61.5 Å². The average molecular weight is 360 g/mol. The SMILES string of the molecule is COCCN1CCC(C(=O)N2CCc3[nH]nc(CC(F)(F)F)c3C2)C1. The number of halogens is 3. The van der Waals surface area contributed by atoms with Crippen molar-refractivity contribution in [3.63, 3.8) is 0 Å². The number of alkyl halides is 3. The van der Waals surface area contributed by atoms with E-state index in [-0.39, 0.29) is 24.1 Å². The second-order valence-corrected chi connectivity index (χ2v) is 6.71. The van der Waals surface area contributed by atoms with Gasteiger partial charge in [0, 0.05) is 51.0 Å². The van der Waals surface area contributed by atoms with Crippen molar-refractivity contribution >= 4 is 5.91 Å². The molecule has 2 aliphatic heterocycles. The predicted octanol–water partition coefficient (Wildman–Crippen LogP) is 1.37. The summed E-state index contributed by atoms with van der Waals surface area (Å²) in [5, 5.41) is 6.51. The van der Waals surface area contributed by atoms with Gasteiger partial charge < -0.3 is 14.5 Å². The first kappa shape index (κ1) is 18.2. The van der Waals surface area contributed by atoms with Crippen LogP contribution < -0.4 is 0 Å². The molecule has 1 amide bonds. The van der Waals surface area contributed by atoms with Gasteiger partial charge >= 0.3 is 6.18 Å². The molecule has 0 radical (unpaired) electrons. The Morgan fingerprint density at radius 3 is 2.92 bits per heavy atom. The normalized spacial score (nSPS) is 21.6. The molecule has 0 saturated carbocycles. The zero-order valence-corrected chi connectivity index (χ0v) is 14.2. The summed E-state index contributed by atoms with van der Waals surface area (Å²) in [5.41, 5.74) is 1.26. The molecule has 3 heterocycles. The van der Waals surface area contributed by atoms with Gasteiger partial charge in [0.25, 0.3) is 0 Å². The zero-order valence-electron chi connectivity index (χ0n) is 14.2. The van der Waals surface area contributed by atoms with E-state index in [0.29, 0.717) is 31.7 Å². The minimum absolute atomic E-state index is 0.00754. The minimum atomic E-state index is -4.30. The summed E-state index contributed by atoms with van der Waals surface area (Å²) in [4.78, 5) is 16.6. The van der Waals surface area contributed by atoms with Gasteiger partial charge in [-0.1, -0.05) is 0 Å². The molecule has 1 N–H and O–H groups in total. The summed E-state index contributed by atoms with van der Waals surface area (Å²) in [6.07, 6.45) is -4.06. The van der Waals surface area contributed by atoms with Crippen LogP contribution in [0, 0.1) is 5.92 Å². The molecule has 1 fully saturated rings. The van der Waals surface area contributed by atoms with E-state index < -0.39 is 12.6 Å². The van der Waals surface area contributed by atoms with Crippen LogP contribution in [0.15, 0.2) is 0 Å². The number of hydrogen-bond donors (Lipinski definition) is 1. The first-order valence-corrected chi connectivity index (χ1v) is 8.49. The standard InChI is InChI=1S/C16H23F3N4O2/c1-25-7-6-22-4-2-11(9-22)15(24)23-5-3-13-12(10-23)14(21-20-13)8-16(17,18)19/h11H,2-10H2,1H3,(H,20,21). The third-order valence-corrected chi connectivity index (χ3v) is 4.93. The molecule has 6 nitrogen and oxygen atoms in total. The Labute approximate surface area is 144 Å². The number of H-pyrrole nitrogens is 1. The van der Waals surface area contributed by atoms with Crippen LogP contribution in [0.5, 0.6) is 0 Å². The Kier molecular flexibility index (Phi) is 5.33. The van der Waals surface area contributed by atoms with Crippen LogP contribution >= 0.6 is 0 Å². The number of methoxy groups -OCH3 is 1. The molecular weight excluding hydrogens is 337 g/mol. The van der Waals surface area contributed by atoms with Crippen LogP contribution in [0.2, 0.25) is 0 Å². The fourth-order valence-corrected chi connectivity index (χ4v) is 3.59. The van der Waals surface area contributed by atoms with E-state index in [1.165, 1.54) is 0 Å². The van der Waals surface area contributed by atoms with Crippen molar-refractivity contribution in [2.24, 2.45) is 5.92 Å². The van der Waals surface area contributed by atoms with Gasteiger partial charge in [0.05, 0.1) is 24.6 Å². The summed E-state index contributed by atoms with van der Waals surface area (Å²) in [5.74, 6) is -0.0545. The smallest absolute Gasteiger partial charge is 0.383 e. The zero-order chi connectivity index (χ0) is 18.0. The molecule has 25 heavy (non-hydrogen) atoms. The highest BCUT2D eigenvalue weighted by Gasteiger charge is 2.36. The van der Waals surface area contributed by atoms with Crippen LogP contribution in [0.4, 0.5) is 13.2 Å². The van der Waals surface area contributed by atoms with E-state index in [2.05, 4.69) is 15.1 Å². The van der Waals surface area contributed by atoms with Crippen LogP contribution in [0.1, 0.15) is 23.4 Å². The number of amides is 1. The highest BCUT2D eigenvalue weighted by Crippen LogP contribution is 2.28. The van der Waals surface area contributed by atoms with E-state index in [4.69, 9.17) is 4.74 Å². The van der Waals surface area contributed by atoms with E-state index in [0.717, 1.165) is 25.2 Å². The fraction of sp³-hybridized carbons (Fsp3) is 0.750. The number of aromatic nitrogens is 2. The van der Waals surface area contributed by atoms with Gasteiger partial charge in [-0.25, -0.2) is 0 Å². The van der Waals surface area contributed by atoms with Crippen LogP contribution in [-0.4, -0.2) is 72.0 Å². The molecule has 1 aromatic rings. The molecule has 140 valence electrons. The van der Waals surface area contributed by atoms with Gasteiger partial charge in [-0.3, -0.25) is 9.89 Å². The number of carbonyl (C=O) groups is 1. The summed E-state index contributed by atoms with van der Waals surface area (Å²) in [7, 11) is 1.65. The predicted molar refractivity (Wildman–Crippen MR) is 83.9 cm³/mol. The van der Waals surface area contributed by atoms with Crippen molar-refractivity contribution in [1.82, 2.24) is 20.0 Å². The van der Waals surface area contributed by atoms with Crippen LogP contribution in [-0.2, 0) is 28.9 Å². The lowest BCUT2D eigenvalue weighted by molar-refractivity contribution is -0.136. The lowest BCUT2D eigenvalue weighted by Gasteiger charge is -2.29. The van der Waals surface area contributed by atoms with E-state index in [1.807, 2.05) is 0 Å². The van der Waals surface area contributed by atoms with Crippen molar-refractivity contribution in [2.75, 3.05) is 39.9 Å². The Hall–Kier alpha value is -1.61. The number of hydrogen-bond acceptors (Lipinski definition) is 4. The maximum absolute atomic E-state index is 12.8. The number of aromatic amines is 1. The van der Waals surface area contributed by atoms with Gasteiger partial charge in [-0.2, -0.15) is 18.3 Å². The molecule has 1 aromatic heterocycles. The first-order chi connectivity index (χ1) is 11.9. The molecule has 1 saturated heterocycles. The molecule has 2 aliphatic rings. The first-order valence-electron chi connectivity index (χ1n) is 8.49. The molecule has 0 aromatic carbocycles. The molecule has 1 atom stereocenters. The lowest BCUT2D eigenvalue weighted by atomic mass is 10.0.